The van der Waals surface area contributed by atoms with Crippen molar-refractivity contribution in [2.24, 2.45) is 0 Å². The van der Waals surface area contributed by atoms with Crippen LogP contribution >= 0.6 is 0 Å². The first-order chi connectivity index (χ1) is 11.8. The molecular formula is C18H32O6. The molecule has 0 amide bonds. The molecule has 0 radical (unpaired) electrons. The number of hydrogen-bond acceptors (Lipinski definition) is 6. The van der Waals surface area contributed by atoms with Crippen molar-refractivity contribution in [2.75, 3.05) is 26.4 Å². The van der Waals surface area contributed by atoms with Gasteiger partial charge in [0.05, 0.1) is 26.4 Å². The van der Waals surface area contributed by atoms with Crippen molar-refractivity contribution in [3.05, 3.63) is 0 Å². The Morgan fingerprint density at radius 2 is 0.583 bits per heavy atom. The van der Waals surface area contributed by atoms with Crippen LogP contribution in [0.4, 0.5) is 9.59 Å². The first-order valence-corrected chi connectivity index (χ1v) is 9.38. The molecule has 0 aromatic carbocycles. The van der Waals surface area contributed by atoms with E-state index >= 15 is 0 Å². The second-order valence-electron chi connectivity index (χ2n) is 6.14. The molecule has 0 N–H and O–H groups in total. The number of rotatable bonds is 0. The van der Waals surface area contributed by atoms with Gasteiger partial charge in [0, 0.05) is 0 Å². The van der Waals surface area contributed by atoms with Gasteiger partial charge in [-0.15, -0.1) is 0 Å². The van der Waals surface area contributed by atoms with Crippen LogP contribution in [-0.2, 0) is 18.9 Å². The normalized spacial score (nSPS) is 21.8. The number of hydrogen-bond donors (Lipinski definition) is 0. The maximum Gasteiger partial charge on any atom is 0.508 e. The zero-order valence-electron chi connectivity index (χ0n) is 14.8. The predicted molar refractivity (Wildman–Crippen MR) is 90.0 cm³/mol. The van der Waals surface area contributed by atoms with Gasteiger partial charge in [0.1, 0.15) is 0 Å². The summed E-state index contributed by atoms with van der Waals surface area (Å²) < 4.78 is 20.1. The van der Waals surface area contributed by atoms with Crippen LogP contribution in [0.1, 0.15) is 77.0 Å². The molecule has 0 unspecified atom stereocenters. The van der Waals surface area contributed by atoms with Crippen molar-refractivity contribution in [1.82, 2.24) is 0 Å². The van der Waals surface area contributed by atoms with E-state index in [9.17, 15) is 9.59 Å². The highest BCUT2D eigenvalue weighted by molar-refractivity contribution is 5.60. The van der Waals surface area contributed by atoms with Crippen LogP contribution in [0.3, 0.4) is 0 Å². The lowest BCUT2D eigenvalue weighted by molar-refractivity contribution is 0.0522. The minimum atomic E-state index is -0.552. The monoisotopic (exact) mass is 344 g/mol. The van der Waals surface area contributed by atoms with E-state index in [1.54, 1.807) is 0 Å². The van der Waals surface area contributed by atoms with Crippen LogP contribution in [0, 0.1) is 0 Å². The van der Waals surface area contributed by atoms with Crippen LogP contribution in [-0.4, -0.2) is 38.7 Å². The lowest BCUT2D eigenvalue weighted by atomic mass is 10.1. The topological polar surface area (TPSA) is 71.1 Å². The molecule has 0 atom stereocenters. The molecule has 1 aliphatic rings. The fourth-order valence-corrected chi connectivity index (χ4v) is 2.53. The molecule has 0 spiro atoms. The molecule has 24 heavy (non-hydrogen) atoms. The summed E-state index contributed by atoms with van der Waals surface area (Å²) in [6.07, 6.45) is 10.8. The second kappa shape index (κ2) is 15.1. The summed E-state index contributed by atoms with van der Waals surface area (Å²) in [5, 5.41) is 0. The standard InChI is InChI=1S/C18H32O6/c19-17-21-13-9-5-2-1-3-6-10-14-22-18(20)24-16-12-8-4-7-11-15-23-17/h1-16H2. The third kappa shape index (κ3) is 13.0. The Balaban J connectivity index is 2.16. The minimum Gasteiger partial charge on any atom is -0.434 e. The third-order valence-electron chi connectivity index (χ3n) is 3.96. The first kappa shape index (κ1) is 20.6. The molecule has 140 valence electrons. The van der Waals surface area contributed by atoms with Crippen molar-refractivity contribution >= 4 is 12.3 Å². The lowest BCUT2D eigenvalue weighted by Crippen LogP contribution is -2.10. The van der Waals surface area contributed by atoms with E-state index < -0.39 is 12.3 Å². The average Bonchev–Trinajstić information content (AvgIpc) is 2.57. The smallest absolute Gasteiger partial charge is 0.434 e. The Bertz CT molecular complexity index is 301. The Hall–Kier alpha value is -1.46. The first-order valence-electron chi connectivity index (χ1n) is 9.38. The van der Waals surface area contributed by atoms with Crippen molar-refractivity contribution in [2.45, 2.75) is 77.0 Å². The van der Waals surface area contributed by atoms with Gasteiger partial charge in [0.15, 0.2) is 0 Å². The fraction of sp³-hybridized carbons (Fsp3) is 0.889. The molecule has 0 saturated carbocycles. The molecule has 1 rings (SSSR count). The molecule has 0 aromatic heterocycles. The highest BCUT2D eigenvalue weighted by atomic mass is 16.7. The van der Waals surface area contributed by atoms with Gasteiger partial charge in [-0.25, -0.2) is 9.59 Å². The molecule has 1 heterocycles. The third-order valence-corrected chi connectivity index (χ3v) is 3.96. The zero-order valence-corrected chi connectivity index (χ0v) is 14.8. The van der Waals surface area contributed by atoms with E-state index in [1.165, 1.54) is 0 Å². The summed E-state index contributed by atoms with van der Waals surface area (Å²) >= 11 is 0. The Kier molecular flexibility index (Phi) is 12.9. The van der Waals surface area contributed by atoms with E-state index in [-0.39, 0.29) is 0 Å². The van der Waals surface area contributed by atoms with Crippen LogP contribution < -0.4 is 0 Å². The zero-order chi connectivity index (χ0) is 17.3. The van der Waals surface area contributed by atoms with Crippen molar-refractivity contribution < 1.29 is 28.5 Å². The summed E-state index contributed by atoms with van der Waals surface area (Å²) in [6, 6.07) is 0. The fourth-order valence-electron chi connectivity index (χ4n) is 2.53. The summed E-state index contributed by atoms with van der Waals surface area (Å²) in [4.78, 5) is 22.7. The van der Waals surface area contributed by atoms with E-state index in [4.69, 9.17) is 18.9 Å². The minimum absolute atomic E-state index is 0.404. The van der Waals surface area contributed by atoms with Crippen LogP contribution in [0.25, 0.3) is 0 Å². The summed E-state index contributed by atoms with van der Waals surface area (Å²) in [7, 11) is 0. The highest BCUT2D eigenvalue weighted by Crippen LogP contribution is 2.09. The summed E-state index contributed by atoms with van der Waals surface area (Å²) in [6.45, 7) is 1.69. The van der Waals surface area contributed by atoms with Crippen LogP contribution in [0.2, 0.25) is 0 Å². The quantitative estimate of drug-likeness (QED) is 0.577. The van der Waals surface area contributed by atoms with Crippen molar-refractivity contribution in [3.8, 4) is 0 Å². The Morgan fingerprint density at radius 3 is 0.833 bits per heavy atom. The molecule has 0 aromatic rings. The lowest BCUT2D eigenvalue weighted by Gasteiger charge is -2.08. The van der Waals surface area contributed by atoms with Gasteiger partial charge in [-0.2, -0.15) is 0 Å². The van der Waals surface area contributed by atoms with E-state index in [0.29, 0.717) is 26.4 Å². The number of carbonyl (C=O) groups is 2. The van der Waals surface area contributed by atoms with Gasteiger partial charge in [-0.1, -0.05) is 51.4 Å². The van der Waals surface area contributed by atoms with Crippen molar-refractivity contribution in [1.29, 1.82) is 0 Å². The maximum absolute atomic E-state index is 11.4. The SMILES string of the molecule is O=C1OCCCCCCCCCOC(=O)OCCCCCCCO1. The van der Waals surface area contributed by atoms with Crippen LogP contribution in [0.15, 0.2) is 0 Å². The summed E-state index contributed by atoms with van der Waals surface area (Å²) in [5.74, 6) is 0. The molecule has 6 heteroatoms. The van der Waals surface area contributed by atoms with E-state index in [2.05, 4.69) is 0 Å². The molecule has 0 aliphatic carbocycles. The number of carbonyl (C=O) groups excluding carboxylic acids is 2. The molecular weight excluding hydrogens is 312 g/mol. The van der Waals surface area contributed by atoms with Gasteiger partial charge in [0.25, 0.3) is 0 Å². The van der Waals surface area contributed by atoms with E-state index in [1.807, 2.05) is 0 Å². The maximum atomic E-state index is 11.4. The molecule has 1 saturated heterocycles. The Morgan fingerprint density at radius 1 is 0.375 bits per heavy atom. The molecule has 0 bridgehead atoms. The van der Waals surface area contributed by atoms with Gasteiger partial charge in [-0.05, 0) is 25.7 Å². The van der Waals surface area contributed by atoms with Gasteiger partial charge in [-0.3, -0.25) is 0 Å². The van der Waals surface area contributed by atoms with Gasteiger partial charge >= 0.3 is 12.3 Å². The van der Waals surface area contributed by atoms with Crippen LogP contribution in [0.5, 0.6) is 0 Å². The van der Waals surface area contributed by atoms with E-state index in [0.717, 1.165) is 77.0 Å². The summed E-state index contributed by atoms with van der Waals surface area (Å²) in [5.41, 5.74) is 0. The van der Waals surface area contributed by atoms with Gasteiger partial charge < -0.3 is 18.9 Å². The highest BCUT2D eigenvalue weighted by Gasteiger charge is 2.05. The average molecular weight is 344 g/mol. The second-order valence-corrected chi connectivity index (χ2v) is 6.14. The predicted octanol–water partition coefficient (Wildman–Crippen LogP) is 4.99. The molecule has 6 nitrogen and oxygen atoms in total. The molecule has 1 aliphatic heterocycles. The Labute approximate surface area is 145 Å². The van der Waals surface area contributed by atoms with Gasteiger partial charge in [0.2, 0.25) is 0 Å². The van der Waals surface area contributed by atoms with Crippen molar-refractivity contribution in [3.63, 3.8) is 0 Å². The number of ether oxygens (including phenoxy) is 4. The largest absolute Gasteiger partial charge is 0.508 e. The number of cyclic esters (lactones) is 4. The molecule has 1 fully saturated rings.